The summed E-state index contributed by atoms with van der Waals surface area (Å²) in [7, 11) is 0. The number of amides is 1. The summed E-state index contributed by atoms with van der Waals surface area (Å²) in [5.41, 5.74) is 5.32. The van der Waals surface area contributed by atoms with Crippen LogP contribution in [0.1, 0.15) is 38.5 Å². The minimum absolute atomic E-state index is 0.108. The van der Waals surface area contributed by atoms with E-state index in [1.165, 1.54) is 12.8 Å². The highest BCUT2D eigenvalue weighted by atomic mass is 16.5. The highest BCUT2D eigenvalue weighted by Gasteiger charge is 2.13. The zero-order valence-electron chi connectivity index (χ0n) is 9.34. The van der Waals surface area contributed by atoms with Crippen LogP contribution in [0.5, 0.6) is 0 Å². The summed E-state index contributed by atoms with van der Waals surface area (Å²) in [6.07, 6.45) is 6.18. The van der Waals surface area contributed by atoms with Gasteiger partial charge in [-0.15, -0.1) is 0 Å². The van der Waals surface area contributed by atoms with Crippen molar-refractivity contribution in [3.05, 3.63) is 0 Å². The number of carbonyl (C=O) groups excluding carboxylic acids is 1. The van der Waals surface area contributed by atoms with Crippen LogP contribution in [0, 0.1) is 0 Å². The maximum absolute atomic E-state index is 11.2. The van der Waals surface area contributed by atoms with Gasteiger partial charge in [0.2, 0.25) is 5.91 Å². The largest absolute Gasteiger partial charge is 0.378 e. The second-order valence-electron chi connectivity index (χ2n) is 4.02. The van der Waals surface area contributed by atoms with E-state index in [-0.39, 0.29) is 5.91 Å². The van der Waals surface area contributed by atoms with Gasteiger partial charge in [0.15, 0.2) is 0 Å². The Labute approximate surface area is 91.5 Å². The van der Waals surface area contributed by atoms with E-state index in [2.05, 4.69) is 5.32 Å². The minimum Gasteiger partial charge on any atom is -0.378 e. The van der Waals surface area contributed by atoms with Gasteiger partial charge >= 0.3 is 0 Å². The van der Waals surface area contributed by atoms with Gasteiger partial charge in [-0.25, -0.2) is 0 Å². The van der Waals surface area contributed by atoms with Crippen molar-refractivity contribution in [2.45, 2.75) is 44.6 Å². The number of nitrogens with two attached hydrogens (primary N) is 1. The standard InChI is InChI=1S/C11H22N2O2/c12-7-3-5-11(14)13-8-6-10-4-1-2-9-15-10/h10H,1-9,12H2,(H,13,14). The van der Waals surface area contributed by atoms with Gasteiger partial charge in [-0.05, 0) is 38.6 Å². The molecule has 1 aliphatic heterocycles. The Balaban J connectivity index is 1.97. The molecule has 0 aromatic rings. The Hall–Kier alpha value is -0.610. The molecule has 1 heterocycles. The highest BCUT2D eigenvalue weighted by molar-refractivity contribution is 5.75. The maximum Gasteiger partial charge on any atom is 0.220 e. The molecule has 1 unspecified atom stereocenters. The van der Waals surface area contributed by atoms with Gasteiger partial charge in [0.25, 0.3) is 0 Å². The molecule has 4 nitrogen and oxygen atoms in total. The van der Waals surface area contributed by atoms with Crippen LogP contribution >= 0.6 is 0 Å². The quantitative estimate of drug-likeness (QED) is 0.687. The van der Waals surface area contributed by atoms with Crippen LogP contribution in [0.4, 0.5) is 0 Å². The molecule has 0 radical (unpaired) electrons. The second-order valence-corrected chi connectivity index (χ2v) is 4.02. The third-order valence-corrected chi connectivity index (χ3v) is 2.67. The monoisotopic (exact) mass is 214 g/mol. The molecule has 88 valence electrons. The SMILES string of the molecule is NCCCC(=O)NCCC1CCCCO1. The van der Waals surface area contributed by atoms with Crippen molar-refractivity contribution in [1.82, 2.24) is 5.32 Å². The third kappa shape index (κ3) is 5.74. The molecule has 1 fully saturated rings. The average Bonchev–Trinajstić information content (AvgIpc) is 2.28. The van der Waals surface area contributed by atoms with Gasteiger partial charge in [-0.1, -0.05) is 0 Å². The summed E-state index contributed by atoms with van der Waals surface area (Å²) in [5.74, 6) is 0.108. The van der Waals surface area contributed by atoms with E-state index in [0.717, 1.165) is 32.4 Å². The number of hydrogen-bond acceptors (Lipinski definition) is 3. The van der Waals surface area contributed by atoms with Crippen LogP contribution in [0.15, 0.2) is 0 Å². The van der Waals surface area contributed by atoms with E-state index < -0.39 is 0 Å². The molecule has 0 aromatic heterocycles. The lowest BCUT2D eigenvalue weighted by Gasteiger charge is -2.22. The topological polar surface area (TPSA) is 64.4 Å². The van der Waals surface area contributed by atoms with E-state index in [0.29, 0.717) is 19.1 Å². The van der Waals surface area contributed by atoms with Crippen molar-refractivity contribution in [3.63, 3.8) is 0 Å². The predicted octanol–water partition coefficient (Wildman–Crippen LogP) is 0.801. The Morgan fingerprint density at radius 3 is 3.00 bits per heavy atom. The number of ether oxygens (including phenoxy) is 1. The summed E-state index contributed by atoms with van der Waals surface area (Å²) in [5, 5.41) is 2.89. The van der Waals surface area contributed by atoms with Crippen LogP contribution in [0.25, 0.3) is 0 Å². The molecule has 1 aliphatic rings. The lowest BCUT2D eigenvalue weighted by atomic mass is 10.1. The first-order chi connectivity index (χ1) is 7.33. The Kier molecular flexibility index (Phi) is 6.36. The van der Waals surface area contributed by atoms with Crippen LogP contribution < -0.4 is 11.1 Å². The number of hydrogen-bond donors (Lipinski definition) is 2. The molecule has 1 saturated heterocycles. The van der Waals surface area contributed by atoms with Crippen molar-refractivity contribution in [2.75, 3.05) is 19.7 Å². The zero-order valence-corrected chi connectivity index (χ0v) is 9.34. The van der Waals surface area contributed by atoms with Crippen molar-refractivity contribution in [2.24, 2.45) is 5.73 Å². The van der Waals surface area contributed by atoms with E-state index in [1.807, 2.05) is 0 Å². The molecule has 0 spiro atoms. The molecule has 1 atom stereocenters. The summed E-state index contributed by atoms with van der Waals surface area (Å²) in [6.45, 7) is 2.19. The second kappa shape index (κ2) is 7.65. The molecule has 3 N–H and O–H groups in total. The average molecular weight is 214 g/mol. The smallest absolute Gasteiger partial charge is 0.220 e. The van der Waals surface area contributed by atoms with Gasteiger partial charge < -0.3 is 15.8 Å². The number of nitrogens with one attached hydrogen (secondary N) is 1. The number of rotatable bonds is 6. The van der Waals surface area contributed by atoms with Crippen LogP contribution in [-0.2, 0) is 9.53 Å². The lowest BCUT2D eigenvalue weighted by Crippen LogP contribution is -2.29. The van der Waals surface area contributed by atoms with Crippen LogP contribution in [0.3, 0.4) is 0 Å². The Morgan fingerprint density at radius 2 is 2.33 bits per heavy atom. The molecule has 0 aliphatic carbocycles. The first kappa shape index (κ1) is 12.5. The van der Waals surface area contributed by atoms with Crippen LogP contribution in [0.2, 0.25) is 0 Å². The van der Waals surface area contributed by atoms with Gasteiger partial charge in [0.1, 0.15) is 0 Å². The molecular weight excluding hydrogens is 192 g/mol. The first-order valence-corrected chi connectivity index (χ1v) is 5.91. The first-order valence-electron chi connectivity index (χ1n) is 5.91. The molecule has 0 saturated carbocycles. The summed E-state index contributed by atoms with van der Waals surface area (Å²) < 4.78 is 5.57. The molecule has 0 bridgehead atoms. The fourth-order valence-corrected chi connectivity index (χ4v) is 1.76. The van der Waals surface area contributed by atoms with E-state index in [9.17, 15) is 4.79 Å². The molecule has 4 heteroatoms. The zero-order chi connectivity index (χ0) is 10.9. The van der Waals surface area contributed by atoms with Gasteiger partial charge in [0.05, 0.1) is 6.10 Å². The van der Waals surface area contributed by atoms with Gasteiger partial charge in [-0.2, -0.15) is 0 Å². The van der Waals surface area contributed by atoms with Crippen molar-refractivity contribution < 1.29 is 9.53 Å². The highest BCUT2D eigenvalue weighted by Crippen LogP contribution is 2.14. The molecule has 1 rings (SSSR count). The molecule has 0 aromatic carbocycles. The normalized spacial score (nSPS) is 21.3. The summed E-state index contributed by atoms with van der Waals surface area (Å²) in [6, 6.07) is 0. The van der Waals surface area contributed by atoms with E-state index in [1.54, 1.807) is 0 Å². The third-order valence-electron chi connectivity index (χ3n) is 2.67. The van der Waals surface area contributed by atoms with Crippen molar-refractivity contribution in [1.29, 1.82) is 0 Å². The van der Waals surface area contributed by atoms with Gasteiger partial charge in [-0.3, -0.25) is 4.79 Å². The predicted molar refractivity (Wildman–Crippen MR) is 59.5 cm³/mol. The fraction of sp³-hybridized carbons (Fsp3) is 0.909. The fourth-order valence-electron chi connectivity index (χ4n) is 1.76. The molecular formula is C11H22N2O2. The van der Waals surface area contributed by atoms with Crippen molar-refractivity contribution in [3.8, 4) is 0 Å². The summed E-state index contributed by atoms with van der Waals surface area (Å²) >= 11 is 0. The van der Waals surface area contributed by atoms with E-state index >= 15 is 0 Å². The number of carbonyl (C=O) groups is 1. The van der Waals surface area contributed by atoms with Gasteiger partial charge in [0, 0.05) is 19.6 Å². The maximum atomic E-state index is 11.2. The summed E-state index contributed by atoms with van der Waals surface area (Å²) in [4.78, 5) is 11.2. The minimum atomic E-state index is 0.108. The van der Waals surface area contributed by atoms with E-state index in [4.69, 9.17) is 10.5 Å². The molecule has 15 heavy (non-hydrogen) atoms. The Bertz CT molecular complexity index is 179. The lowest BCUT2D eigenvalue weighted by molar-refractivity contribution is -0.121. The Morgan fingerprint density at radius 1 is 1.47 bits per heavy atom. The molecule has 1 amide bonds. The van der Waals surface area contributed by atoms with Crippen molar-refractivity contribution >= 4 is 5.91 Å². The van der Waals surface area contributed by atoms with Crippen LogP contribution in [-0.4, -0.2) is 31.7 Å².